The molecule has 0 unspecified atom stereocenters. The fraction of sp³-hybridized carbons (Fsp3) is 0.263. The number of halogens is 1. The van der Waals surface area contributed by atoms with Crippen LogP contribution in [-0.2, 0) is 4.79 Å². The molecule has 6 nitrogen and oxygen atoms in total. The molecule has 2 aromatic carbocycles. The molecule has 26 heavy (non-hydrogen) atoms. The molecule has 1 heterocycles. The molecule has 0 saturated carbocycles. The molecule has 0 bridgehead atoms. The van der Waals surface area contributed by atoms with Crippen molar-refractivity contribution in [2.24, 2.45) is 5.92 Å². The van der Waals surface area contributed by atoms with Crippen LogP contribution in [0.4, 0.5) is 21.9 Å². The van der Waals surface area contributed by atoms with Gasteiger partial charge in [-0.3, -0.25) is 4.79 Å². The lowest BCUT2D eigenvalue weighted by molar-refractivity contribution is -0.121. The zero-order chi connectivity index (χ0) is 18.7. The first-order valence-electron chi connectivity index (χ1n) is 8.33. The third-order valence-corrected chi connectivity index (χ3v) is 4.06. The number of hydrogen-bond acceptors (Lipinski definition) is 3. The SMILES string of the molecule is CC(C)CN1C(=O)COc2ccc(NC(=O)Nc3ccc(Cl)cc3)cc21. The molecular weight excluding hydrogens is 354 g/mol. The van der Waals surface area contributed by atoms with E-state index in [0.717, 1.165) is 0 Å². The number of fused-ring (bicyclic) bond motifs is 1. The van der Waals surface area contributed by atoms with Gasteiger partial charge in [-0.15, -0.1) is 0 Å². The lowest BCUT2D eigenvalue weighted by atomic mass is 10.1. The van der Waals surface area contributed by atoms with E-state index in [2.05, 4.69) is 10.6 Å². The lowest BCUT2D eigenvalue weighted by Crippen LogP contribution is -2.41. The van der Waals surface area contributed by atoms with Gasteiger partial charge in [0.25, 0.3) is 5.91 Å². The van der Waals surface area contributed by atoms with Gasteiger partial charge in [-0.25, -0.2) is 4.79 Å². The van der Waals surface area contributed by atoms with Crippen molar-refractivity contribution >= 4 is 40.6 Å². The molecule has 0 spiro atoms. The average molecular weight is 374 g/mol. The summed E-state index contributed by atoms with van der Waals surface area (Å²) in [4.78, 5) is 26.1. The van der Waals surface area contributed by atoms with Crippen LogP contribution in [0.2, 0.25) is 5.02 Å². The predicted molar refractivity (Wildman–Crippen MR) is 103 cm³/mol. The fourth-order valence-corrected chi connectivity index (χ4v) is 2.80. The Balaban J connectivity index is 1.75. The van der Waals surface area contributed by atoms with E-state index in [0.29, 0.717) is 40.3 Å². The van der Waals surface area contributed by atoms with Crippen molar-refractivity contribution in [3.05, 3.63) is 47.5 Å². The molecule has 2 N–H and O–H groups in total. The van der Waals surface area contributed by atoms with Crippen LogP contribution in [0.15, 0.2) is 42.5 Å². The van der Waals surface area contributed by atoms with Gasteiger partial charge in [0.05, 0.1) is 5.69 Å². The molecule has 3 rings (SSSR count). The van der Waals surface area contributed by atoms with E-state index < -0.39 is 0 Å². The summed E-state index contributed by atoms with van der Waals surface area (Å²) in [5.41, 5.74) is 1.87. The maximum Gasteiger partial charge on any atom is 0.323 e. The molecule has 0 aliphatic carbocycles. The lowest BCUT2D eigenvalue weighted by Gasteiger charge is -2.31. The first kappa shape index (κ1) is 18.1. The van der Waals surface area contributed by atoms with Crippen molar-refractivity contribution in [3.8, 4) is 5.75 Å². The molecule has 1 aliphatic rings. The smallest absolute Gasteiger partial charge is 0.323 e. The minimum Gasteiger partial charge on any atom is -0.482 e. The van der Waals surface area contributed by atoms with Crippen LogP contribution in [0.1, 0.15) is 13.8 Å². The van der Waals surface area contributed by atoms with Crippen LogP contribution in [0.5, 0.6) is 5.75 Å². The number of urea groups is 1. The van der Waals surface area contributed by atoms with Gasteiger partial charge >= 0.3 is 6.03 Å². The third kappa shape index (κ3) is 4.26. The summed E-state index contributed by atoms with van der Waals surface area (Å²) >= 11 is 5.83. The number of benzene rings is 2. The van der Waals surface area contributed by atoms with E-state index in [-0.39, 0.29) is 18.5 Å². The van der Waals surface area contributed by atoms with Crippen LogP contribution in [0.3, 0.4) is 0 Å². The largest absolute Gasteiger partial charge is 0.482 e. The molecule has 0 radical (unpaired) electrons. The summed E-state index contributed by atoms with van der Waals surface area (Å²) in [6, 6.07) is 11.7. The van der Waals surface area contributed by atoms with E-state index in [4.69, 9.17) is 16.3 Å². The minimum absolute atomic E-state index is 0.0313. The highest BCUT2D eigenvalue weighted by Crippen LogP contribution is 2.35. The van der Waals surface area contributed by atoms with Crippen molar-refractivity contribution in [1.82, 2.24) is 0 Å². The molecule has 3 amide bonds. The Morgan fingerprint density at radius 1 is 1.15 bits per heavy atom. The van der Waals surface area contributed by atoms with Crippen LogP contribution in [0, 0.1) is 5.92 Å². The predicted octanol–water partition coefficient (Wildman–Crippen LogP) is 4.37. The molecule has 0 fully saturated rings. The number of nitrogens with one attached hydrogen (secondary N) is 2. The Morgan fingerprint density at radius 2 is 1.81 bits per heavy atom. The number of anilines is 3. The number of hydrogen-bond donors (Lipinski definition) is 2. The topological polar surface area (TPSA) is 70.7 Å². The first-order chi connectivity index (χ1) is 12.4. The van der Waals surface area contributed by atoms with E-state index in [9.17, 15) is 9.59 Å². The Morgan fingerprint density at radius 3 is 2.50 bits per heavy atom. The third-order valence-electron chi connectivity index (χ3n) is 3.81. The van der Waals surface area contributed by atoms with E-state index in [1.54, 1.807) is 47.4 Å². The summed E-state index contributed by atoms with van der Waals surface area (Å²) in [6.45, 7) is 4.72. The maximum absolute atomic E-state index is 12.2. The van der Waals surface area contributed by atoms with Crippen molar-refractivity contribution in [2.45, 2.75) is 13.8 Å². The van der Waals surface area contributed by atoms with Gasteiger partial charge in [-0.05, 0) is 48.4 Å². The van der Waals surface area contributed by atoms with Gasteiger partial charge < -0.3 is 20.3 Å². The highest BCUT2D eigenvalue weighted by atomic mass is 35.5. The number of amides is 3. The number of nitrogens with zero attached hydrogens (tertiary/aromatic N) is 1. The van der Waals surface area contributed by atoms with E-state index in [1.807, 2.05) is 13.8 Å². The quantitative estimate of drug-likeness (QED) is 0.836. The van der Waals surface area contributed by atoms with Gasteiger partial charge in [0.1, 0.15) is 5.75 Å². The molecule has 2 aromatic rings. The van der Waals surface area contributed by atoms with Crippen molar-refractivity contribution in [2.75, 3.05) is 28.7 Å². The van der Waals surface area contributed by atoms with Gasteiger partial charge in [0.15, 0.2) is 6.61 Å². The molecule has 1 aliphatic heterocycles. The zero-order valence-electron chi connectivity index (χ0n) is 14.6. The van der Waals surface area contributed by atoms with E-state index >= 15 is 0 Å². The second kappa shape index (κ2) is 7.66. The molecular formula is C19H20ClN3O3. The average Bonchev–Trinajstić information content (AvgIpc) is 2.59. The van der Waals surface area contributed by atoms with Gasteiger partial charge in [-0.2, -0.15) is 0 Å². The highest BCUT2D eigenvalue weighted by Gasteiger charge is 2.26. The fourth-order valence-electron chi connectivity index (χ4n) is 2.67. The Hall–Kier alpha value is -2.73. The van der Waals surface area contributed by atoms with E-state index in [1.165, 1.54) is 0 Å². The van der Waals surface area contributed by atoms with Crippen molar-refractivity contribution in [1.29, 1.82) is 0 Å². The number of carbonyl (C=O) groups excluding carboxylic acids is 2. The van der Waals surface area contributed by atoms with Crippen molar-refractivity contribution in [3.63, 3.8) is 0 Å². The van der Waals surface area contributed by atoms with Crippen LogP contribution in [-0.4, -0.2) is 25.1 Å². The van der Waals surface area contributed by atoms with Crippen LogP contribution in [0.25, 0.3) is 0 Å². The van der Waals surface area contributed by atoms with Crippen molar-refractivity contribution < 1.29 is 14.3 Å². The second-order valence-electron chi connectivity index (χ2n) is 6.46. The zero-order valence-corrected chi connectivity index (χ0v) is 15.3. The Labute approximate surface area is 157 Å². The molecule has 136 valence electrons. The Bertz CT molecular complexity index is 821. The summed E-state index contributed by atoms with van der Waals surface area (Å²) in [6.07, 6.45) is 0. The molecule has 0 atom stereocenters. The number of ether oxygens (including phenoxy) is 1. The minimum atomic E-state index is -0.384. The maximum atomic E-state index is 12.2. The van der Waals surface area contributed by atoms with Crippen LogP contribution >= 0.6 is 11.6 Å². The van der Waals surface area contributed by atoms with Gasteiger partial charge in [0, 0.05) is 22.9 Å². The molecule has 0 saturated heterocycles. The normalized spacial score (nSPS) is 13.2. The summed E-state index contributed by atoms with van der Waals surface area (Å²) < 4.78 is 5.48. The monoisotopic (exact) mass is 373 g/mol. The van der Waals surface area contributed by atoms with Gasteiger partial charge in [-0.1, -0.05) is 25.4 Å². The van der Waals surface area contributed by atoms with Gasteiger partial charge in [0.2, 0.25) is 0 Å². The first-order valence-corrected chi connectivity index (χ1v) is 8.71. The molecule has 0 aromatic heterocycles. The highest BCUT2D eigenvalue weighted by molar-refractivity contribution is 6.30. The second-order valence-corrected chi connectivity index (χ2v) is 6.89. The summed E-state index contributed by atoms with van der Waals surface area (Å²) in [5.74, 6) is 0.859. The number of rotatable bonds is 4. The molecule has 7 heteroatoms. The Kier molecular flexibility index (Phi) is 5.32. The summed E-state index contributed by atoms with van der Waals surface area (Å²) in [5, 5.41) is 6.09. The summed E-state index contributed by atoms with van der Waals surface area (Å²) in [7, 11) is 0. The van der Waals surface area contributed by atoms with Crippen LogP contribution < -0.4 is 20.3 Å². The standard InChI is InChI=1S/C19H20ClN3O3/c1-12(2)10-23-16-9-15(7-8-17(16)26-11-18(23)24)22-19(25)21-14-5-3-13(20)4-6-14/h3-9,12H,10-11H2,1-2H3,(H2,21,22,25). The number of carbonyl (C=O) groups is 2.